The minimum atomic E-state index is 0.262. The van der Waals surface area contributed by atoms with E-state index in [0.29, 0.717) is 5.69 Å². The zero-order valence-corrected chi connectivity index (χ0v) is 6.10. The molecule has 0 aliphatic rings. The van der Waals surface area contributed by atoms with Gasteiger partial charge in [-0.1, -0.05) is 18.2 Å². The second-order valence-electron chi connectivity index (χ2n) is 2.08. The van der Waals surface area contributed by atoms with Crippen molar-refractivity contribution < 1.29 is 4.74 Å². The van der Waals surface area contributed by atoms with E-state index in [1.54, 1.807) is 12.1 Å². The highest BCUT2D eigenvalue weighted by atomic mass is 16.5. The predicted molar refractivity (Wildman–Crippen MR) is 44.8 cm³/mol. The summed E-state index contributed by atoms with van der Waals surface area (Å²) in [6.45, 7) is 0.262. The van der Waals surface area contributed by atoms with Gasteiger partial charge < -0.3 is 10.9 Å². The maximum atomic E-state index is 11.0. The van der Waals surface area contributed by atoms with Crippen LogP contribution >= 0.6 is 0 Å². The summed E-state index contributed by atoms with van der Waals surface area (Å²) < 4.78 is 0.764. The summed E-state index contributed by atoms with van der Waals surface area (Å²) in [5.41, 5.74) is 5.78. The zero-order valence-electron chi connectivity index (χ0n) is 6.10. The minimum absolute atomic E-state index is 0.262. The normalized spacial score (nSPS) is 11.5. The van der Waals surface area contributed by atoms with E-state index < -0.39 is 0 Å². The van der Waals surface area contributed by atoms with Gasteiger partial charge in [0.2, 0.25) is 5.69 Å². The Labute approximate surface area is 65.4 Å². The number of hydrogen-bond acceptors (Lipinski definition) is 2. The van der Waals surface area contributed by atoms with Crippen molar-refractivity contribution in [2.75, 3.05) is 6.54 Å². The topological polar surface area (TPSA) is 52.1 Å². The monoisotopic (exact) mass is 150 g/mol. The van der Waals surface area contributed by atoms with E-state index in [1.807, 2.05) is 18.2 Å². The molecular weight excluding hydrogens is 140 g/mol. The highest BCUT2D eigenvalue weighted by molar-refractivity contribution is 5.55. The molecule has 0 aliphatic heterocycles. The first-order chi connectivity index (χ1) is 5.34. The first-order valence-corrected chi connectivity index (χ1v) is 3.39. The molecule has 11 heavy (non-hydrogen) atoms. The Morgan fingerprint density at radius 1 is 1.36 bits per heavy atom. The minimum Gasteiger partial charge on any atom is -0.618 e. The van der Waals surface area contributed by atoms with Gasteiger partial charge in [-0.15, -0.1) is 0 Å². The molecule has 3 nitrogen and oxygen atoms in total. The molecule has 1 aromatic rings. The van der Waals surface area contributed by atoms with Crippen LogP contribution in [0.3, 0.4) is 0 Å². The maximum absolute atomic E-state index is 11.0. The smallest absolute Gasteiger partial charge is 0.216 e. The SMILES string of the molecule is NC/C=[N+](\[O-])c1ccccc1. The maximum Gasteiger partial charge on any atom is 0.216 e. The molecule has 0 spiro atoms. The Hall–Kier alpha value is -1.35. The molecule has 0 radical (unpaired) electrons. The summed E-state index contributed by atoms with van der Waals surface area (Å²) in [7, 11) is 0. The average Bonchev–Trinajstić information content (AvgIpc) is 2.07. The van der Waals surface area contributed by atoms with Crippen molar-refractivity contribution in [2.45, 2.75) is 0 Å². The Morgan fingerprint density at radius 3 is 2.55 bits per heavy atom. The Kier molecular flexibility index (Phi) is 2.63. The van der Waals surface area contributed by atoms with Crippen LogP contribution in [0, 0.1) is 5.21 Å². The highest BCUT2D eigenvalue weighted by Crippen LogP contribution is 2.07. The lowest BCUT2D eigenvalue weighted by Gasteiger charge is -2.00. The Bertz CT molecular complexity index is 244. The van der Waals surface area contributed by atoms with Crippen LogP contribution in [0.25, 0.3) is 0 Å². The van der Waals surface area contributed by atoms with E-state index in [4.69, 9.17) is 5.73 Å². The third-order valence-corrected chi connectivity index (χ3v) is 1.28. The highest BCUT2D eigenvalue weighted by Gasteiger charge is 1.95. The molecule has 1 aromatic carbocycles. The number of nitrogens with two attached hydrogens (primary N) is 1. The molecule has 0 amide bonds. The van der Waals surface area contributed by atoms with E-state index in [9.17, 15) is 5.21 Å². The van der Waals surface area contributed by atoms with Crippen molar-refractivity contribution in [3.05, 3.63) is 35.5 Å². The van der Waals surface area contributed by atoms with Crippen LogP contribution in [-0.4, -0.2) is 17.5 Å². The predicted octanol–water partition coefficient (Wildman–Crippen LogP) is 0.858. The third-order valence-electron chi connectivity index (χ3n) is 1.28. The lowest BCUT2D eigenvalue weighted by Crippen LogP contribution is -2.07. The van der Waals surface area contributed by atoms with Crippen LogP contribution in [0.4, 0.5) is 5.69 Å². The fraction of sp³-hybridized carbons (Fsp3) is 0.125. The van der Waals surface area contributed by atoms with Crippen LogP contribution in [-0.2, 0) is 0 Å². The summed E-state index contributed by atoms with van der Waals surface area (Å²) >= 11 is 0. The number of para-hydroxylation sites is 1. The quantitative estimate of drug-likeness (QED) is 0.294. The molecule has 0 atom stereocenters. The molecule has 0 aromatic heterocycles. The van der Waals surface area contributed by atoms with Crippen LogP contribution in [0.5, 0.6) is 0 Å². The summed E-state index contributed by atoms with van der Waals surface area (Å²) in [4.78, 5) is 0. The van der Waals surface area contributed by atoms with Crippen molar-refractivity contribution in [3.63, 3.8) is 0 Å². The summed E-state index contributed by atoms with van der Waals surface area (Å²) in [6.07, 6.45) is 1.38. The second kappa shape index (κ2) is 3.73. The van der Waals surface area contributed by atoms with E-state index in [2.05, 4.69) is 0 Å². The van der Waals surface area contributed by atoms with E-state index >= 15 is 0 Å². The van der Waals surface area contributed by atoms with E-state index in [0.717, 1.165) is 4.74 Å². The van der Waals surface area contributed by atoms with Gasteiger partial charge in [-0.2, -0.15) is 4.74 Å². The lowest BCUT2D eigenvalue weighted by atomic mass is 10.3. The number of rotatable bonds is 2. The summed E-state index contributed by atoms with van der Waals surface area (Å²) in [5, 5.41) is 11.0. The van der Waals surface area contributed by atoms with Crippen molar-refractivity contribution in [1.29, 1.82) is 0 Å². The van der Waals surface area contributed by atoms with Gasteiger partial charge >= 0.3 is 0 Å². The summed E-state index contributed by atoms with van der Waals surface area (Å²) in [5.74, 6) is 0. The summed E-state index contributed by atoms with van der Waals surface area (Å²) in [6, 6.07) is 8.95. The standard InChI is InChI=1S/C8H10N2O/c9-6-7-10(11)8-4-2-1-3-5-8/h1-5,7H,6,9H2/b10-7-. The van der Waals surface area contributed by atoms with Gasteiger partial charge in [-0.05, 0) is 0 Å². The molecule has 0 fully saturated rings. The molecule has 58 valence electrons. The number of hydrogen-bond donors (Lipinski definition) is 1. The molecule has 0 aliphatic carbocycles. The van der Waals surface area contributed by atoms with Crippen LogP contribution in [0.15, 0.2) is 30.3 Å². The molecule has 1 rings (SSSR count). The van der Waals surface area contributed by atoms with Crippen molar-refractivity contribution in [3.8, 4) is 0 Å². The van der Waals surface area contributed by atoms with Crippen molar-refractivity contribution in [1.82, 2.24) is 0 Å². The van der Waals surface area contributed by atoms with Gasteiger partial charge in [-0.3, -0.25) is 0 Å². The fourth-order valence-electron chi connectivity index (χ4n) is 0.776. The van der Waals surface area contributed by atoms with Gasteiger partial charge in [0.15, 0.2) is 6.21 Å². The Balaban J connectivity index is 2.85. The molecule has 0 bridgehead atoms. The zero-order chi connectivity index (χ0) is 8.10. The molecular formula is C8H10N2O. The van der Waals surface area contributed by atoms with Crippen LogP contribution in [0.2, 0.25) is 0 Å². The fourth-order valence-corrected chi connectivity index (χ4v) is 0.776. The van der Waals surface area contributed by atoms with E-state index in [1.165, 1.54) is 6.21 Å². The van der Waals surface area contributed by atoms with Gasteiger partial charge in [0.1, 0.15) is 0 Å². The van der Waals surface area contributed by atoms with Gasteiger partial charge in [0.05, 0.1) is 6.54 Å². The third kappa shape index (κ3) is 2.05. The van der Waals surface area contributed by atoms with Gasteiger partial charge in [0.25, 0.3) is 0 Å². The molecule has 0 saturated heterocycles. The molecule has 0 unspecified atom stereocenters. The molecule has 3 heteroatoms. The van der Waals surface area contributed by atoms with Crippen molar-refractivity contribution >= 4 is 11.9 Å². The first-order valence-electron chi connectivity index (χ1n) is 3.39. The van der Waals surface area contributed by atoms with Gasteiger partial charge in [-0.25, -0.2) is 0 Å². The van der Waals surface area contributed by atoms with Crippen LogP contribution in [0.1, 0.15) is 0 Å². The average molecular weight is 150 g/mol. The molecule has 0 saturated carbocycles. The van der Waals surface area contributed by atoms with E-state index in [-0.39, 0.29) is 6.54 Å². The molecule has 2 N–H and O–H groups in total. The first kappa shape index (κ1) is 7.75. The van der Waals surface area contributed by atoms with Gasteiger partial charge in [0, 0.05) is 12.1 Å². The van der Waals surface area contributed by atoms with Crippen molar-refractivity contribution in [2.24, 2.45) is 5.73 Å². The number of nitrogens with zero attached hydrogens (tertiary/aromatic N) is 1. The number of benzene rings is 1. The molecule has 0 heterocycles. The largest absolute Gasteiger partial charge is 0.618 e. The second-order valence-corrected chi connectivity index (χ2v) is 2.08. The lowest BCUT2D eigenvalue weighted by molar-refractivity contribution is -0.355. The Morgan fingerprint density at radius 2 is 2.00 bits per heavy atom. The van der Waals surface area contributed by atoms with Crippen LogP contribution < -0.4 is 5.73 Å².